The van der Waals surface area contributed by atoms with E-state index in [1.807, 2.05) is 19.4 Å². The molecular formula is C12H21N3. The predicted molar refractivity (Wildman–Crippen MR) is 61.4 cm³/mol. The lowest BCUT2D eigenvalue weighted by atomic mass is 9.89. The smallest absolute Gasteiger partial charge is 0.109 e. The molecule has 0 aromatic carbocycles. The van der Waals surface area contributed by atoms with Crippen molar-refractivity contribution in [2.24, 2.45) is 24.6 Å². The molecule has 0 spiro atoms. The summed E-state index contributed by atoms with van der Waals surface area (Å²) in [5.41, 5.74) is 6.28. The minimum Gasteiger partial charge on any atom is -0.338 e. The molecule has 84 valence electrons. The molecule has 1 heterocycles. The summed E-state index contributed by atoms with van der Waals surface area (Å²) in [6.07, 6.45) is 8.74. The molecule has 0 saturated heterocycles. The SMILES string of the molecule is CC1CCCC1C(N)Cc1nccn1C. The van der Waals surface area contributed by atoms with E-state index in [1.165, 1.54) is 19.3 Å². The normalized spacial score (nSPS) is 28.2. The Balaban J connectivity index is 1.97. The molecule has 1 aliphatic carbocycles. The van der Waals surface area contributed by atoms with Crippen LogP contribution in [0.5, 0.6) is 0 Å². The number of rotatable bonds is 3. The zero-order valence-electron chi connectivity index (χ0n) is 9.69. The number of hydrogen-bond donors (Lipinski definition) is 1. The summed E-state index contributed by atoms with van der Waals surface area (Å²) in [6.45, 7) is 2.33. The van der Waals surface area contributed by atoms with E-state index in [-0.39, 0.29) is 6.04 Å². The molecule has 0 aliphatic heterocycles. The molecule has 0 bridgehead atoms. The highest BCUT2D eigenvalue weighted by molar-refractivity contribution is 4.96. The topological polar surface area (TPSA) is 43.8 Å². The third-order valence-electron chi connectivity index (χ3n) is 3.82. The van der Waals surface area contributed by atoms with Crippen LogP contribution in [0.15, 0.2) is 12.4 Å². The fourth-order valence-electron chi connectivity index (χ4n) is 2.77. The van der Waals surface area contributed by atoms with E-state index in [9.17, 15) is 0 Å². The first kappa shape index (κ1) is 10.7. The van der Waals surface area contributed by atoms with Crippen LogP contribution in [0.1, 0.15) is 32.0 Å². The van der Waals surface area contributed by atoms with Gasteiger partial charge >= 0.3 is 0 Å². The zero-order chi connectivity index (χ0) is 10.8. The molecule has 3 nitrogen and oxygen atoms in total. The van der Waals surface area contributed by atoms with Gasteiger partial charge in [0.2, 0.25) is 0 Å². The van der Waals surface area contributed by atoms with E-state index in [0.29, 0.717) is 5.92 Å². The highest BCUT2D eigenvalue weighted by atomic mass is 15.0. The Morgan fingerprint density at radius 1 is 1.60 bits per heavy atom. The van der Waals surface area contributed by atoms with Gasteiger partial charge in [-0.15, -0.1) is 0 Å². The second kappa shape index (κ2) is 4.35. The number of aromatic nitrogens is 2. The van der Waals surface area contributed by atoms with Gasteiger partial charge in [0.25, 0.3) is 0 Å². The van der Waals surface area contributed by atoms with Crippen LogP contribution in [0, 0.1) is 11.8 Å². The molecule has 1 aromatic heterocycles. The van der Waals surface area contributed by atoms with Crippen LogP contribution in [-0.2, 0) is 13.5 Å². The van der Waals surface area contributed by atoms with E-state index < -0.39 is 0 Å². The Hall–Kier alpha value is -0.830. The fraction of sp³-hybridized carbons (Fsp3) is 0.750. The van der Waals surface area contributed by atoms with Crippen molar-refractivity contribution in [3.63, 3.8) is 0 Å². The molecule has 1 fully saturated rings. The highest BCUT2D eigenvalue weighted by Gasteiger charge is 2.29. The molecule has 2 N–H and O–H groups in total. The number of nitrogens with two attached hydrogens (primary N) is 1. The lowest BCUT2D eigenvalue weighted by molar-refractivity contribution is 0.338. The van der Waals surface area contributed by atoms with Crippen LogP contribution in [0.2, 0.25) is 0 Å². The predicted octanol–water partition coefficient (Wildman–Crippen LogP) is 1.73. The molecule has 3 unspecified atom stereocenters. The van der Waals surface area contributed by atoms with Gasteiger partial charge in [-0.05, 0) is 18.3 Å². The second-order valence-electron chi connectivity index (χ2n) is 4.89. The molecule has 15 heavy (non-hydrogen) atoms. The minimum absolute atomic E-state index is 0.281. The first-order chi connectivity index (χ1) is 7.18. The largest absolute Gasteiger partial charge is 0.338 e. The lowest BCUT2D eigenvalue weighted by Crippen LogP contribution is -2.34. The number of hydrogen-bond acceptors (Lipinski definition) is 2. The Kier molecular flexibility index (Phi) is 3.10. The summed E-state index contributed by atoms with van der Waals surface area (Å²) in [7, 11) is 2.03. The van der Waals surface area contributed by atoms with Crippen LogP contribution < -0.4 is 5.73 Å². The number of imidazole rings is 1. The van der Waals surface area contributed by atoms with Crippen LogP contribution >= 0.6 is 0 Å². The summed E-state index contributed by atoms with van der Waals surface area (Å²) in [5, 5.41) is 0. The van der Waals surface area contributed by atoms with Crippen LogP contribution in [0.4, 0.5) is 0 Å². The van der Waals surface area contributed by atoms with E-state index in [0.717, 1.165) is 18.2 Å². The van der Waals surface area contributed by atoms with Crippen molar-refractivity contribution in [3.8, 4) is 0 Å². The Labute approximate surface area is 91.7 Å². The van der Waals surface area contributed by atoms with Crippen molar-refractivity contribution in [2.75, 3.05) is 0 Å². The van der Waals surface area contributed by atoms with Crippen molar-refractivity contribution in [1.29, 1.82) is 0 Å². The molecule has 0 amide bonds. The van der Waals surface area contributed by atoms with Gasteiger partial charge in [-0.25, -0.2) is 4.98 Å². The third kappa shape index (κ3) is 2.23. The van der Waals surface area contributed by atoms with Gasteiger partial charge in [0, 0.05) is 31.9 Å². The van der Waals surface area contributed by atoms with Crippen molar-refractivity contribution in [2.45, 2.75) is 38.6 Å². The summed E-state index contributed by atoms with van der Waals surface area (Å²) in [6, 6.07) is 0.281. The molecule has 3 atom stereocenters. The average molecular weight is 207 g/mol. The molecule has 2 rings (SSSR count). The zero-order valence-corrected chi connectivity index (χ0v) is 9.69. The maximum absolute atomic E-state index is 6.28. The maximum Gasteiger partial charge on any atom is 0.109 e. The number of nitrogens with zero attached hydrogens (tertiary/aromatic N) is 2. The van der Waals surface area contributed by atoms with Crippen LogP contribution in [-0.4, -0.2) is 15.6 Å². The van der Waals surface area contributed by atoms with Crippen molar-refractivity contribution in [1.82, 2.24) is 9.55 Å². The van der Waals surface area contributed by atoms with E-state index >= 15 is 0 Å². The molecule has 3 heteroatoms. The molecule has 1 aromatic rings. The second-order valence-corrected chi connectivity index (χ2v) is 4.89. The van der Waals surface area contributed by atoms with Crippen molar-refractivity contribution in [3.05, 3.63) is 18.2 Å². The first-order valence-electron chi connectivity index (χ1n) is 5.90. The molecular weight excluding hydrogens is 186 g/mol. The summed E-state index contributed by atoms with van der Waals surface area (Å²) >= 11 is 0. The summed E-state index contributed by atoms with van der Waals surface area (Å²) in [4.78, 5) is 4.34. The van der Waals surface area contributed by atoms with Crippen molar-refractivity contribution < 1.29 is 0 Å². The van der Waals surface area contributed by atoms with Crippen LogP contribution in [0.25, 0.3) is 0 Å². The monoisotopic (exact) mass is 207 g/mol. The first-order valence-corrected chi connectivity index (χ1v) is 5.90. The van der Waals surface area contributed by atoms with Gasteiger partial charge in [0.1, 0.15) is 5.82 Å². The van der Waals surface area contributed by atoms with E-state index in [1.54, 1.807) is 0 Å². The lowest BCUT2D eigenvalue weighted by Gasteiger charge is -2.22. The molecule has 0 radical (unpaired) electrons. The van der Waals surface area contributed by atoms with Crippen molar-refractivity contribution >= 4 is 0 Å². The maximum atomic E-state index is 6.28. The third-order valence-corrected chi connectivity index (χ3v) is 3.82. The van der Waals surface area contributed by atoms with Gasteiger partial charge in [0.15, 0.2) is 0 Å². The summed E-state index contributed by atoms with van der Waals surface area (Å²) in [5.74, 6) is 2.60. The fourth-order valence-corrected chi connectivity index (χ4v) is 2.77. The van der Waals surface area contributed by atoms with Gasteiger partial charge < -0.3 is 10.3 Å². The van der Waals surface area contributed by atoms with Gasteiger partial charge in [-0.1, -0.05) is 19.8 Å². The standard InChI is InChI=1S/C12H21N3/c1-9-4-3-5-10(9)11(13)8-12-14-6-7-15(12)2/h6-7,9-11H,3-5,8,13H2,1-2H3. The molecule has 1 aliphatic rings. The van der Waals surface area contributed by atoms with Crippen LogP contribution in [0.3, 0.4) is 0 Å². The molecule has 1 saturated carbocycles. The minimum atomic E-state index is 0.281. The summed E-state index contributed by atoms with van der Waals surface area (Å²) < 4.78 is 2.07. The highest BCUT2D eigenvalue weighted by Crippen LogP contribution is 2.33. The van der Waals surface area contributed by atoms with Gasteiger partial charge in [-0.2, -0.15) is 0 Å². The van der Waals surface area contributed by atoms with Gasteiger partial charge in [0.05, 0.1) is 0 Å². The number of aryl methyl sites for hydroxylation is 1. The van der Waals surface area contributed by atoms with Gasteiger partial charge in [-0.3, -0.25) is 0 Å². The quantitative estimate of drug-likeness (QED) is 0.820. The Morgan fingerprint density at radius 2 is 2.40 bits per heavy atom. The Bertz CT molecular complexity index is 318. The van der Waals surface area contributed by atoms with E-state index in [2.05, 4.69) is 16.5 Å². The Morgan fingerprint density at radius 3 is 2.93 bits per heavy atom. The average Bonchev–Trinajstić information content (AvgIpc) is 2.76. The van der Waals surface area contributed by atoms with E-state index in [4.69, 9.17) is 5.73 Å².